The summed E-state index contributed by atoms with van der Waals surface area (Å²) in [5, 5.41) is 11.7. The quantitative estimate of drug-likeness (QED) is 0.630. The van der Waals surface area contributed by atoms with Crippen molar-refractivity contribution in [2.45, 2.75) is 25.0 Å². The molecule has 2 rings (SSSR count). The summed E-state index contributed by atoms with van der Waals surface area (Å²) in [6.07, 6.45) is 4.03. The SMILES string of the molecule is O=C(Cc1cnc[nH]1)N[C@@H]1COCC[C@@H]1OCCO. The molecule has 0 radical (unpaired) electrons. The van der Waals surface area contributed by atoms with Crippen LogP contribution in [0.4, 0.5) is 0 Å². The monoisotopic (exact) mass is 269 g/mol. The molecule has 0 saturated carbocycles. The number of aliphatic hydroxyl groups excluding tert-OH is 1. The summed E-state index contributed by atoms with van der Waals surface area (Å²) in [6.45, 7) is 1.30. The number of nitrogens with one attached hydrogen (secondary N) is 2. The maximum Gasteiger partial charge on any atom is 0.226 e. The van der Waals surface area contributed by atoms with Gasteiger partial charge in [0.1, 0.15) is 0 Å². The summed E-state index contributed by atoms with van der Waals surface area (Å²) >= 11 is 0. The van der Waals surface area contributed by atoms with Gasteiger partial charge in [0.25, 0.3) is 0 Å². The molecule has 7 nitrogen and oxygen atoms in total. The lowest BCUT2D eigenvalue weighted by Crippen LogP contribution is -2.51. The second-order valence-corrected chi connectivity index (χ2v) is 4.42. The lowest BCUT2D eigenvalue weighted by molar-refractivity contribution is -0.125. The summed E-state index contributed by atoms with van der Waals surface area (Å²) in [4.78, 5) is 18.6. The van der Waals surface area contributed by atoms with Crippen molar-refractivity contribution in [1.82, 2.24) is 15.3 Å². The fourth-order valence-electron chi connectivity index (χ4n) is 2.07. The first kappa shape index (κ1) is 14.0. The number of carbonyl (C=O) groups is 1. The Bertz CT molecular complexity index is 382. The van der Waals surface area contributed by atoms with Gasteiger partial charge in [-0.05, 0) is 6.42 Å². The van der Waals surface area contributed by atoms with Gasteiger partial charge in [-0.15, -0.1) is 0 Å². The highest BCUT2D eigenvalue weighted by Gasteiger charge is 2.27. The summed E-state index contributed by atoms with van der Waals surface area (Å²) in [5.74, 6) is -0.0997. The molecule has 1 saturated heterocycles. The molecule has 1 aromatic rings. The minimum atomic E-state index is -0.171. The maximum atomic E-state index is 11.9. The molecule has 3 N–H and O–H groups in total. The van der Waals surface area contributed by atoms with Crippen LogP contribution in [0, 0.1) is 0 Å². The number of aromatic amines is 1. The number of amides is 1. The van der Waals surface area contributed by atoms with Crippen molar-refractivity contribution in [3.05, 3.63) is 18.2 Å². The van der Waals surface area contributed by atoms with Crippen LogP contribution in [0.15, 0.2) is 12.5 Å². The lowest BCUT2D eigenvalue weighted by atomic mass is 10.1. The molecule has 106 valence electrons. The standard InChI is InChI=1S/C12H19N3O4/c16-2-4-19-11-1-3-18-7-10(11)15-12(17)5-9-6-13-8-14-9/h6,8,10-11,16H,1-5,7H2,(H,13,14)(H,15,17)/t10-,11+/m1/s1. The number of hydrogen-bond acceptors (Lipinski definition) is 5. The smallest absolute Gasteiger partial charge is 0.226 e. The molecule has 1 aliphatic rings. The van der Waals surface area contributed by atoms with Gasteiger partial charge in [0, 0.05) is 18.5 Å². The third-order valence-electron chi connectivity index (χ3n) is 2.97. The summed E-state index contributed by atoms with van der Waals surface area (Å²) in [7, 11) is 0. The van der Waals surface area contributed by atoms with Crippen LogP contribution in [0.1, 0.15) is 12.1 Å². The Balaban J connectivity index is 1.82. The van der Waals surface area contributed by atoms with E-state index in [0.29, 0.717) is 13.2 Å². The molecule has 1 fully saturated rings. The normalized spacial score (nSPS) is 23.2. The molecule has 7 heteroatoms. The van der Waals surface area contributed by atoms with Crippen LogP contribution in [0.2, 0.25) is 0 Å². The van der Waals surface area contributed by atoms with E-state index in [1.54, 1.807) is 12.5 Å². The highest BCUT2D eigenvalue weighted by Crippen LogP contribution is 2.12. The van der Waals surface area contributed by atoms with Gasteiger partial charge >= 0.3 is 0 Å². The van der Waals surface area contributed by atoms with Gasteiger partial charge in [0.15, 0.2) is 0 Å². The minimum absolute atomic E-state index is 0.0217. The molecule has 0 unspecified atom stereocenters. The molecule has 2 heterocycles. The Morgan fingerprint density at radius 1 is 1.68 bits per heavy atom. The molecule has 1 amide bonds. The third kappa shape index (κ3) is 4.30. The number of aromatic nitrogens is 2. The van der Waals surface area contributed by atoms with E-state index in [1.807, 2.05) is 0 Å². The maximum absolute atomic E-state index is 11.9. The van der Waals surface area contributed by atoms with E-state index < -0.39 is 0 Å². The number of hydrogen-bond donors (Lipinski definition) is 3. The Morgan fingerprint density at radius 2 is 2.58 bits per heavy atom. The second kappa shape index (κ2) is 7.22. The molecule has 0 aromatic carbocycles. The fraction of sp³-hybridized carbons (Fsp3) is 0.667. The van der Waals surface area contributed by atoms with Crippen LogP contribution in [0.3, 0.4) is 0 Å². The second-order valence-electron chi connectivity index (χ2n) is 4.42. The van der Waals surface area contributed by atoms with E-state index in [-0.39, 0.29) is 37.7 Å². The molecule has 0 aliphatic carbocycles. The van der Waals surface area contributed by atoms with Gasteiger partial charge in [-0.3, -0.25) is 4.79 Å². The average Bonchev–Trinajstić information content (AvgIpc) is 2.90. The Morgan fingerprint density at radius 3 is 3.32 bits per heavy atom. The average molecular weight is 269 g/mol. The van der Waals surface area contributed by atoms with Crippen molar-refractivity contribution in [2.24, 2.45) is 0 Å². The number of imidazole rings is 1. The van der Waals surface area contributed by atoms with E-state index in [9.17, 15) is 4.79 Å². The van der Waals surface area contributed by atoms with Gasteiger partial charge < -0.3 is 24.9 Å². The molecule has 1 aromatic heterocycles. The zero-order chi connectivity index (χ0) is 13.5. The van der Waals surface area contributed by atoms with Gasteiger partial charge in [-0.2, -0.15) is 0 Å². The van der Waals surface area contributed by atoms with Crippen molar-refractivity contribution in [3.8, 4) is 0 Å². The fourth-order valence-corrected chi connectivity index (χ4v) is 2.07. The molecule has 0 spiro atoms. The first-order valence-corrected chi connectivity index (χ1v) is 6.36. The third-order valence-corrected chi connectivity index (χ3v) is 2.97. The van der Waals surface area contributed by atoms with Crippen molar-refractivity contribution >= 4 is 5.91 Å². The van der Waals surface area contributed by atoms with Crippen LogP contribution >= 0.6 is 0 Å². The van der Waals surface area contributed by atoms with Gasteiger partial charge in [-0.1, -0.05) is 0 Å². The van der Waals surface area contributed by atoms with Crippen molar-refractivity contribution in [1.29, 1.82) is 0 Å². The highest BCUT2D eigenvalue weighted by atomic mass is 16.5. The van der Waals surface area contributed by atoms with Gasteiger partial charge in [0.2, 0.25) is 5.91 Å². The number of carbonyl (C=O) groups excluding carboxylic acids is 1. The number of ether oxygens (including phenoxy) is 2. The predicted octanol–water partition coefficient (Wildman–Crippen LogP) is -0.765. The lowest BCUT2D eigenvalue weighted by Gasteiger charge is -2.31. The number of nitrogens with zero attached hydrogens (tertiary/aromatic N) is 1. The Kier molecular flexibility index (Phi) is 5.31. The topological polar surface area (TPSA) is 96.5 Å². The minimum Gasteiger partial charge on any atom is -0.394 e. The van der Waals surface area contributed by atoms with Crippen LogP contribution in [0.25, 0.3) is 0 Å². The first-order chi connectivity index (χ1) is 9.29. The zero-order valence-corrected chi connectivity index (χ0v) is 10.7. The number of aliphatic hydroxyl groups is 1. The number of rotatable bonds is 6. The molecule has 2 atom stereocenters. The van der Waals surface area contributed by atoms with Crippen LogP contribution in [-0.4, -0.2) is 59.6 Å². The van der Waals surface area contributed by atoms with E-state index in [4.69, 9.17) is 14.6 Å². The summed E-state index contributed by atoms with van der Waals surface area (Å²) in [5.41, 5.74) is 0.766. The molecular weight excluding hydrogens is 250 g/mol. The van der Waals surface area contributed by atoms with E-state index in [0.717, 1.165) is 12.1 Å². The largest absolute Gasteiger partial charge is 0.394 e. The first-order valence-electron chi connectivity index (χ1n) is 6.36. The molecule has 1 aliphatic heterocycles. The van der Waals surface area contributed by atoms with Crippen molar-refractivity contribution in [3.63, 3.8) is 0 Å². The Hall–Kier alpha value is -1.44. The van der Waals surface area contributed by atoms with Crippen LogP contribution < -0.4 is 5.32 Å². The zero-order valence-electron chi connectivity index (χ0n) is 10.7. The van der Waals surface area contributed by atoms with Gasteiger partial charge in [-0.25, -0.2) is 4.98 Å². The predicted molar refractivity (Wildman–Crippen MR) is 66.5 cm³/mol. The van der Waals surface area contributed by atoms with Crippen molar-refractivity contribution in [2.75, 3.05) is 26.4 Å². The van der Waals surface area contributed by atoms with E-state index in [1.165, 1.54) is 0 Å². The molecule has 0 bridgehead atoms. The summed E-state index contributed by atoms with van der Waals surface area (Å²) < 4.78 is 10.9. The summed E-state index contributed by atoms with van der Waals surface area (Å²) in [6, 6.07) is -0.171. The van der Waals surface area contributed by atoms with Crippen molar-refractivity contribution < 1.29 is 19.4 Å². The molecular formula is C12H19N3O4. The number of H-pyrrole nitrogens is 1. The van der Waals surface area contributed by atoms with E-state index >= 15 is 0 Å². The molecule has 19 heavy (non-hydrogen) atoms. The van der Waals surface area contributed by atoms with Crippen LogP contribution in [0.5, 0.6) is 0 Å². The van der Waals surface area contributed by atoms with Crippen LogP contribution in [-0.2, 0) is 20.7 Å². The van der Waals surface area contributed by atoms with Gasteiger partial charge in [0.05, 0.1) is 44.7 Å². The van der Waals surface area contributed by atoms with E-state index in [2.05, 4.69) is 15.3 Å². The highest BCUT2D eigenvalue weighted by molar-refractivity contribution is 5.78. The Labute approximate surface area is 111 Å².